The summed E-state index contributed by atoms with van der Waals surface area (Å²) in [4.78, 5) is 0.128. The van der Waals surface area contributed by atoms with E-state index >= 15 is 0 Å². The normalized spacial score (nSPS) is 11.8. The van der Waals surface area contributed by atoms with Crippen LogP contribution in [0.3, 0.4) is 0 Å². The summed E-state index contributed by atoms with van der Waals surface area (Å²) in [7, 11) is -3.71. The van der Waals surface area contributed by atoms with Gasteiger partial charge in [0.15, 0.2) is 0 Å². The Balaban J connectivity index is 2.20. The van der Waals surface area contributed by atoms with Crippen LogP contribution >= 0.6 is 11.3 Å². The molecule has 0 radical (unpaired) electrons. The maximum absolute atomic E-state index is 12.4. The molecule has 0 unspecified atom stereocenters. The molecule has 0 bridgehead atoms. The average molecular weight is 330 g/mol. The highest BCUT2D eigenvalue weighted by molar-refractivity contribution is 7.93. The van der Waals surface area contributed by atoms with Gasteiger partial charge in [-0.1, -0.05) is 25.2 Å². The standard InChI is InChI=1S/C12H18N4O3S2/c1-4-11-14-15-12(20-11)16-21(17,18)10-6-9(7-13-5-2)19-8(10)3/h6,13H,4-5,7H2,1-3H3,(H,15,16). The van der Waals surface area contributed by atoms with Crippen LogP contribution in [0.1, 0.15) is 30.4 Å². The summed E-state index contributed by atoms with van der Waals surface area (Å²) in [6, 6.07) is 1.53. The number of anilines is 1. The molecule has 21 heavy (non-hydrogen) atoms. The molecular formula is C12H18N4O3S2. The highest BCUT2D eigenvalue weighted by Gasteiger charge is 2.23. The van der Waals surface area contributed by atoms with Crippen molar-refractivity contribution in [2.45, 2.75) is 38.6 Å². The molecule has 2 aromatic heterocycles. The van der Waals surface area contributed by atoms with Crippen molar-refractivity contribution < 1.29 is 12.8 Å². The number of furan rings is 1. The minimum atomic E-state index is -3.71. The highest BCUT2D eigenvalue weighted by atomic mass is 32.2. The van der Waals surface area contributed by atoms with Crippen molar-refractivity contribution in [1.82, 2.24) is 15.5 Å². The predicted octanol–water partition coefficient (Wildman–Crippen LogP) is 1.91. The van der Waals surface area contributed by atoms with Crippen molar-refractivity contribution >= 4 is 26.5 Å². The Labute approximate surface area is 127 Å². The van der Waals surface area contributed by atoms with Crippen molar-refractivity contribution in [2.75, 3.05) is 11.3 Å². The maximum Gasteiger partial charge on any atom is 0.267 e. The molecule has 2 heterocycles. The number of nitrogens with one attached hydrogen (secondary N) is 2. The van der Waals surface area contributed by atoms with Crippen LogP contribution in [-0.2, 0) is 23.0 Å². The van der Waals surface area contributed by atoms with E-state index in [9.17, 15) is 8.42 Å². The lowest BCUT2D eigenvalue weighted by molar-refractivity contribution is 0.460. The first kappa shape index (κ1) is 15.9. The number of nitrogens with zero attached hydrogens (tertiary/aromatic N) is 2. The number of aryl methyl sites for hydroxylation is 2. The van der Waals surface area contributed by atoms with Gasteiger partial charge in [0.25, 0.3) is 10.0 Å². The molecule has 0 aliphatic carbocycles. The van der Waals surface area contributed by atoms with Crippen molar-refractivity contribution in [1.29, 1.82) is 0 Å². The van der Waals surface area contributed by atoms with Crippen molar-refractivity contribution in [3.63, 3.8) is 0 Å². The minimum Gasteiger partial charge on any atom is -0.464 e. The molecule has 0 aromatic carbocycles. The molecule has 2 N–H and O–H groups in total. The van der Waals surface area contributed by atoms with Gasteiger partial charge in [0.05, 0.1) is 6.54 Å². The minimum absolute atomic E-state index is 0.128. The van der Waals surface area contributed by atoms with Crippen LogP contribution in [0.25, 0.3) is 0 Å². The fraction of sp³-hybridized carbons (Fsp3) is 0.500. The van der Waals surface area contributed by atoms with Crippen LogP contribution in [0.2, 0.25) is 0 Å². The van der Waals surface area contributed by atoms with Gasteiger partial charge in [0.1, 0.15) is 21.4 Å². The van der Waals surface area contributed by atoms with Crippen molar-refractivity contribution in [3.8, 4) is 0 Å². The molecule has 0 saturated carbocycles. The summed E-state index contributed by atoms with van der Waals surface area (Å²) in [5.41, 5.74) is 0. The average Bonchev–Trinajstić information content (AvgIpc) is 3.02. The Morgan fingerprint density at radius 3 is 2.71 bits per heavy atom. The molecule has 0 spiro atoms. The topological polar surface area (TPSA) is 97.1 Å². The third-order valence-electron chi connectivity index (χ3n) is 2.75. The van der Waals surface area contributed by atoms with E-state index in [0.29, 0.717) is 18.1 Å². The van der Waals surface area contributed by atoms with Gasteiger partial charge in [0, 0.05) is 6.07 Å². The Kier molecular flexibility index (Phi) is 4.96. The van der Waals surface area contributed by atoms with E-state index < -0.39 is 10.0 Å². The van der Waals surface area contributed by atoms with Gasteiger partial charge in [0.2, 0.25) is 5.13 Å². The van der Waals surface area contributed by atoms with Gasteiger partial charge in [-0.15, -0.1) is 10.2 Å². The zero-order chi connectivity index (χ0) is 15.5. The summed E-state index contributed by atoms with van der Waals surface area (Å²) in [6.45, 7) is 6.81. The van der Waals surface area contributed by atoms with E-state index in [2.05, 4.69) is 20.2 Å². The monoisotopic (exact) mass is 330 g/mol. The Hall–Kier alpha value is -1.45. The molecule has 0 aliphatic rings. The summed E-state index contributed by atoms with van der Waals surface area (Å²) >= 11 is 1.23. The molecule has 0 fully saturated rings. The molecule has 116 valence electrons. The summed E-state index contributed by atoms with van der Waals surface area (Å²) in [5.74, 6) is 0.942. The number of rotatable bonds is 7. The molecule has 0 aliphatic heterocycles. The van der Waals surface area contributed by atoms with E-state index in [1.807, 2.05) is 13.8 Å². The molecule has 7 nitrogen and oxygen atoms in total. The van der Waals surface area contributed by atoms with Crippen LogP contribution in [0, 0.1) is 6.92 Å². The summed E-state index contributed by atoms with van der Waals surface area (Å²) in [5, 5.41) is 11.8. The van der Waals surface area contributed by atoms with Crippen LogP contribution < -0.4 is 10.0 Å². The molecular weight excluding hydrogens is 312 g/mol. The fourth-order valence-corrected chi connectivity index (χ4v) is 3.85. The predicted molar refractivity (Wildman–Crippen MR) is 80.9 cm³/mol. The first-order valence-electron chi connectivity index (χ1n) is 6.61. The third-order valence-corrected chi connectivity index (χ3v) is 5.31. The van der Waals surface area contributed by atoms with Gasteiger partial charge in [-0.2, -0.15) is 0 Å². The van der Waals surface area contributed by atoms with E-state index in [4.69, 9.17) is 4.42 Å². The number of hydrogen-bond donors (Lipinski definition) is 2. The van der Waals surface area contributed by atoms with Crippen LogP contribution in [0.15, 0.2) is 15.4 Å². The molecule has 9 heteroatoms. The number of sulfonamides is 1. The largest absolute Gasteiger partial charge is 0.464 e. The molecule has 0 amide bonds. The second-order valence-electron chi connectivity index (χ2n) is 4.37. The van der Waals surface area contributed by atoms with Gasteiger partial charge in [-0.25, -0.2) is 8.42 Å². The molecule has 2 aromatic rings. The molecule has 2 rings (SSSR count). The lowest BCUT2D eigenvalue weighted by atomic mass is 10.4. The fourth-order valence-electron chi connectivity index (χ4n) is 1.73. The Bertz CT molecular complexity index is 706. The van der Waals surface area contributed by atoms with Crippen LogP contribution in [0.5, 0.6) is 0 Å². The van der Waals surface area contributed by atoms with E-state index in [0.717, 1.165) is 18.0 Å². The zero-order valence-corrected chi connectivity index (χ0v) is 13.8. The highest BCUT2D eigenvalue weighted by Crippen LogP contribution is 2.24. The van der Waals surface area contributed by atoms with E-state index in [-0.39, 0.29) is 10.0 Å². The second kappa shape index (κ2) is 6.54. The van der Waals surface area contributed by atoms with Crippen molar-refractivity contribution in [3.05, 3.63) is 22.6 Å². The molecule has 0 atom stereocenters. The second-order valence-corrected chi connectivity index (χ2v) is 7.09. The van der Waals surface area contributed by atoms with Gasteiger partial charge in [-0.3, -0.25) is 4.72 Å². The number of aromatic nitrogens is 2. The lowest BCUT2D eigenvalue weighted by Gasteiger charge is -2.02. The van der Waals surface area contributed by atoms with Gasteiger partial charge in [-0.05, 0) is 19.9 Å². The Morgan fingerprint density at radius 1 is 1.33 bits per heavy atom. The first-order valence-corrected chi connectivity index (χ1v) is 8.91. The number of hydrogen-bond acceptors (Lipinski definition) is 7. The summed E-state index contributed by atoms with van der Waals surface area (Å²) in [6.07, 6.45) is 0.719. The van der Waals surface area contributed by atoms with Crippen LogP contribution in [0.4, 0.5) is 5.13 Å². The molecule has 0 saturated heterocycles. The summed E-state index contributed by atoms with van der Waals surface area (Å²) < 4.78 is 32.6. The lowest BCUT2D eigenvalue weighted by Crippen LogP contribution is -2.13. The smallest absolute Gasteiger partial charge is 0.267 e. The quantitative estimate of drug-likeness (QED) is 0.805. The Morgan fingerprint density at radius 2 is 2.10 bits per heavy atom. The van der Waals surface area contributed by atoms with E-state index in [1.54, 1.807) is 6.92 Å². The SMILES string of the molecule is CCNCc1cc(S(=O)(=O)Nc2nnc(CC)s2)c(C)o1. The maximum atomic E-state index is 12.4. The van der Waals surface area contributed by atoms with E-state index in [1.165, 1.54) is 17.4 Å². The van der Waals surface area contributed by atoms with Crippen LogP contribution in [-0.4, -0.2) is 25.2 Å². The van der Waals surface area contributed by atoms with Crippen molar-refractivity contribution in [2.24, 2.45) is 0 Å². The zero-order valence-electron chi connectivity index (χ0n) is 12.1. The van der Waals surface area contributed by atoms with Gasteiger partial charge < -0.3 is 9.73 Å². The first-order chi connectivity index (χ1) is 9.96. The third kappa shape index (κ3) is 3.80. The van der Waals surface area contributed by atoms with Gasteiger partial charge >= 0.3 is 0 Å².